The molecule has 0 aliphatic heterocycles. The van der Waals surface area contributed by atoms with Crippen LogP contribution in [-0.4, -0.2) is 35.3 Å². The minimum atomic E-state index is -0.387. The van der Waals surface area contributed by atoms with Crippen LogP contribution in [0, 0.1) is 5.92 Å². The van der Waals surface area contributed by atoms with Crippen molar-refractivity contribution >= 4 is 23.5 Å². The van der Waals surface area contributed by atoms with Crippen LogP contribution in [0.3, 0.4) is 0 Å². The lowest BCUT2D eigenvalue weighted by atomic mass is 10.1. The lowest BCUT2D eigenvalue weighted by molar-refractivity contribution is 0.0526. The first-order chi connectivity index (χ1) is 9.12. The Labute approximate surface area is 118 Å². The fourth-order valence-electron chi connectivity index (χ4n) is 1.37. The molecule has 0 aromatic carbocycles. The van der Waals surface area contributed by atoms with Gasteiger partial charge >= 0.3 is 5.97 Å². The second-order valence-electron chi connectivity index (χ2n) is 4.23. The first-order valence-electron chi connectivity index (χ1n) is 6.44. The van der Waals surface area contributed by atoms with Gasteiger partial charge in [0.2, 0.25) is 0 Å². The Morgan fingerprint density at radius 3 is 2.84 bits per heavy atom. The van der Waals surface area contributed by atoms with E-state index in [9.17, 15) is 4.79 Å². The fraction of sp³-hybridized carbons (Fsp3) is 0.615. The van der Waals surface area contributed by atoms with Gasteiger partial charge in [-0.15, -0.1) is 0 Å². The number of nitrogens with one attached hydrogen (secondary N) is 1. The number of nitrogens with zero attached hydrogens (tertiary/aromatic N) is 2. The molecule has 1 N–H and O–H groups in total. The molecule has 0 radical (unpaired) electrons. The Hall–Kier alpha value is -1.30. The average Bonchev–Trinajstić information content (AvgIpc) is 2.44. The Bertz CT molecular complexity index is 426. The van der Waals surface area contributed by atoms with E-state index in [4.69, 9.17) is 4.74 Å². The monoisotopic (exact) mass is 283 g/mol. The Morgan fingerprint density at radius 1 is 1.53 bits per heavy atom. The molecule has 1 unspecified atom stereocenters. The smallest absolute Gasteiger partial charge is 0.343 e. The first kappa shape index (κ1) is 15.8. The number of carbonyl (C=O) groups is 1. The van der Waals surface area contributed by atoms with E-state index < -0.39 is 0 Å². The summed E-state index contributed by atoms with van der Waals surface area (Å²) in [5.41, 5.74) is 0.392. The van der Waals surface area contributed by atoms with E-state index in [1.807, 2.05) is 6.26 Å². The predicted octanol–water partition coefficient (Wildman–Crippen LogP) is 2.83. The van der Waals surface area contributed by atoms with Crippen LogP contribution in [-0.2, 0) is 4.74 Å². The second kappa shape index (κ2) is 7.99. The lowest BCUT2D eigenvalue weighted by Crippen LogP contribution is -2.16. The molecule has 0 aliphatic rings. The van der Waals surface area contributed by atoms with Crippen LogP contribution < -0.4 is 5.32 Å². The molecule has 0 saturated carbocycles. The molecule has 1 atom stereocenters. The summed E-state index contributed by atoms with van der Waals surface area (Å²) in [5, 5.41) is 3.85. The minimum absolute atomic E-state index is 0.341. The number of esters is 1. The molecule has 1 rings (SSSR count). The van der Waals surface area contributed by atoms with E-state index in [1.54, 1.807) is 6.92 Å². The third-order valence-electron chi connectivity index (χ3n) is 2.76. The standard InChI is InChI=1S/C13H21N3O2S/c1-5-9(3)7-14-11-10(12(17)18-6-2)8-15-13(16-11)19-4/h8-9H,5-7H2,1-4H3,(H,14,15,16). The van der Waals surface area contributed by atoms with Gasteiger partial charge in [-0.2, -0.15) is 0 Å². The number of rotatable bonds is 7. The molecule has 0 spiro atoms. The second-order valence-corrected chi connectivity index (χ2v) is 5.01. The van der Waals surface area contributed by atoms with E-state index in [2.05, 4.69) is 29.1 Å². The van der Waals surface area contributed by atoms with E-state index in [0.717, 1.165) is 13.0 Å². The van der Waals surface area contributed by atoms with E-state index in [0.29, 0.717) is 29.1 Å². The summed E-state index contributed by atoms with van der Waals surface area (Å²) in [5.74, 6) is 0.683. The third-order valence-corrected chi connectivity index (χ3v) is 3.32. The molecule has 106 valence electrons. The van der Waals surface area contributed by atoms with Crippen LogP contribution >= 0.6 is 11.8 Å². The largest absolute Gasteiger partial charge is 0.462 e. The van der Waals surface area contributed by atoms with Crippen molar-refractivity contribution in [2.75, 3.05) is 24.7 Å². The molecule has 0 saturated heterocycles. The van der Waals surface area contributed by atoms with Gasteiger partial charge < -0.3 is 10.1 Å². The summed E-state index contributed by atoms with van der Waals surface area (Å²) in [6.45, 7) is 7.17. The molecule has 1 aromatic rings. The quantitative estimate of drug-likeness (QED) is 0.471. The zero-order valence-corrected chi connectivity index (χ0v) is 12.7. The third kappa shape index (κ3) is 4.70. The van der Waals surface area contributed by atoms with Crippen molar-refractivity contribution in [3.05, 3.63) is 11.8 Å². The van der Waals surface area contributed by atoms with Gasteiger partial charge in [-0.05, 0) is 19.1 Å². The number of hydrogen-bond acceptors (Lipinski definition) is 6. The number of hydrogen-bond donors (Lipinski definition) is 1. The summed E-state index contributed by atoms with van der Waals surface area (Å²) >= 11 is 1.44. The summed E-state index contributed by atoms with van der Waals surface area (Å²) in [6.07, 6.45) is 4.50. The molecule has 1 heterocycles. The van der Waals surface area contributed by atoms with Gasteiger partial charge in [-0.25, -0.2) is 14.8 Å². The summed E-state index contributed by atoms with van der Waals surface area (Å²) in [6, 6.07) is 0. The predicted molar refractivity (Wildman–Crippen MR) is 77.7 cm³/mol. The van der Waals surface area contributed by atoms with Crippen LogP contribution in [0.1, 0.15) is 37.6 Å². The van der Waals surface area contributed by atoms with Crippen LogP contribution in [0.5, 0.6) is 0 Å². The number of ether oxygens (including phenoxy) is 1. The molecule has 0 bridgehead atoms. The SMILES string of the molecule is CCOC(=O)c1cnc(SC)nc1NCC(C)CC. The van der Waals surface area contributed by atoms with E-state index in [-0.39, 0.29) is 5.97 Å². The normalized spacial score (nSPS) is 12.0. The highest BCUT2D eigenvalue weighted by molar-refractivity contribution is 7.98. The van der Waals surface area contributed by atoms with Gasteiger partial charge in [0, 0.05) is 12.7 Å². The Balaban J connectivity index is 2.92. The minimum Gasteiger partial charge on any atom is -0.462 e. The zero-order valence-electron chi connectivity index (χ0n) is 11.9. The summed E-state index contributed by atoms with van der Waals surface area (Å²) in [7, 11) is 0. The van der Waals surface area contributed by atoms with Crippen molar-refractivity contribution in [3.63, 3.8) is 0 Å². The topological polar surface area (TPSA) is 64.1 Å². The van der Waals surface area contributed by atoms with E-state index >= 15 is 0 Å². The van der Waals surface area contributed by atoms with Crippen molar-refractivity contribution in [2.45, 2.75) is 32.3 Å². The number of carbonyl (C=O) groups excluding carboxylic acids is 1. The van der Waals surface area contributed by atoms with Crippen molar-refractivity contribution < 1.29 is 9.53 Å². The van der Waals surface area contributed by atoms with Gasteiger partial charge in [-0.3, -0.25) is 0 Å². The number of thioether (sulfide) groups is 1. The van der Waals surface area contributed by atoms with Crippen LogP contribution in [0.4, 0.5) is 5.82 Å². The fourth-order valence-corrected chi connectivity index (χ4v) is 1.71. The number of anilines is 1. The van der Waals surface area contributed by atoms with Crippen molar-refractivity contribution in [2.24, 2.45) is 5.92 Å². The lowest BCUT2D eigenvalue weighted by Gasteiger charge is -2.13. The highest BCUT2D eigenvalue weighted by Crippen LogP contribution is 2.18. The first-order valence-corrected chi connectivity index (χ1v) is 7.66. The molecule has 0 amide bonds. The molecule has 6 heteroatoms. The maximum Gasteiger partial charge on any atom is 0.343 e. The van der Waals surface area contributed by atoms with E-state index in [1.165, 1.54) is 18.0 Å². The van der Waals surface area contributed by atoms with Crippen LogP contribution in [0.2, 0.25) is 0 Å². The van der Waals surface area contributed by atoms with Crippen molar-refractivity contribution in [3.8, 4) is 0 Å². The Kier molecular flexibility index (Phi) is 6.62. The molecule has 0 fully saturated rings. The van der Waals surface area contributed by atoms with Gasteiger partial charge in [0.25, 0.3) is 0 Å². The molecule has 0 aliphatic carbocycles. The summed E-state index contributed by atoms with van der Waals surface area (Å²) < 4.78 is 5.01. The summed E-state index contributed by atoms with van der Waals surface area (Å²) in [4.78, 5) is 20.3. The van der Waals surface area contributed by atoms with Gasteiger partial charge in [0.05, 0.1) is 6.61 Å². The van der Waals surface area contributed by atoms with Gasteiger partial charge in [0.1, 0.15) is 11.4 Å². The van der Waals surface area contributed by atoms with Gasteiger partial charge in [-0.1, -0.05) is 32.0 Å². The molecular weight excluding hydrogens is 262 g/mol. The van der Waals surface area contributed by atoms with Crippen LogP contribution in [0.25, 0.3) is 0 Å². The Morgan fingerprint density at radius 2 is 2.26 bits per heavy atom. The molecule has 1 aromatic heterocycles. The highest BCUT2D eigenvalue weighted by Gasteiger charge is 2.16. The maximum absolute atomic E-state index is 11.8. The van der Waals surface area contributed by atoms with Crippen molar-refractivity contribution in [1.29, 1.82) is 0 Å². The maximum atomic E-state index is 11.8. The number of aromatic nitrogens is 2. The molecule has 5 nitrogen and oxygen atoms in total. The van der Waals surface area contributed by atoms with Crippen molar-refractivity contribution in [1.82, 2.24) is 9.97 Å². The molecular formula is C13H21N3O2S. The van der Waals surface area contributed by atoms with Gasteiger partial charge in [0.15, 0.2) is 5.16 Å². The average molecular weight is 283 g/mol. The highest BCUT2D eigenvalue weighted by atomic mass is 32.2. The van der Waals surface area contributed by atoms with Crippen LogP contribution in [0.15, 0.2) is 11.4 Å². The zero-order chi connectivity index (χ0) is 14.3. The molecule has 19 heavy (non-hydrogen) atoms.